The van der Waals surface area contributed by atoms with Crippen molar-refractivity contribution in [3.63, 3.8) is 0 Å². The summed E-state index contributed by atoms with van der Waals surface area (Å²) in [5.74, 6) is 0.574. The summed E-state index contributed by atoms with van der Waals surface area (Å²) >= 11 is 0. The molecule has 0 saturated carbocycles. The van der Waals surface area contributed by atoms with Crippen molar-refractivity contribution in [2.45, 2.75) is 19.1 Å². The summed E-state index contributed by atoms with van der Waals surface area (Å²) in [5, 5.41) is 3.06. The molecule has 0 saturated heterocycles. The molecule has 9 heteroatoms. The highest BCUT2D eigenvalue weighted by molar-refractivity contribution is 14.0. The zero-order valence-corrected chi connectivity index (χ0v) is 17.1. The number of rotatable bonds is 5. The van der Waals surface area contributed by atoms with E-state index >= 15 is 0 Å². The number of halogens is 4. The second-order valence-electron chi connectivity index (χ2n) is 5.56. The first-order chi connectivity index (χ1) is 11.1. The van der Waals surface area contributed by atoms with Crippen LogP contribution in [0.2, 0.25) is 0 Å². The zero-order valence-electron chi connectivity index (χ0n) is 14.7. The van der Waals surface area contributed by atoms with Gasteiger partial charge in [-0.05, 0) is 17.7 Å². The van der Waals surface area contributed by atoms with Crippen LogP contribution in [-0.2, 0) is 17.5 Å². The molecule has 25 heavy (non-hydrogen) atoms. The van der Waals surface area contributed by atoms with Gasteiger partial charge < -0.3 is 15.1 Å². The number of nitrogens with one attached hydrogen (secondary N) is 1. The van der Waals surface area contributed by atoms with E-state index in [0.717, 1.165) is 17.7 Å². The second-order valence-corrected chi connectivity index (χ2v) is 5.56. The number of hydrogen-bond donors (Lipinski definition) is 1. The first-order valence-electron chi connectivity index (χ1n) is 7.43. The molecule has 1 aromatic carbocycles. The van der Waals surface area contributed by atoms with Crippen LogP contribution < -0.4 is 5.32 Å². The summed E-state index contributed by atoms with van der Waals surface area (Å²) in [6.45, 7) is 0.834. The fourth-order valence-electron chi connectivity index (χ4n) is 2.04. The lowest BCUT2D eigenvalue weighted by Crippen LogP contribution is -2.40. The first kappa shape index (κ1) is 23.5. The summed E-state index contributed by atoms with van der Waals surface area (Å²) in [5.41, 5.74) is 0.0661. The second kappa shape index (κ2) is 10.5. The van der Waals surface area contributed by atoms with Gasteiger partial charge in [0, 0.05) is 47.7 Å². The lowest BCUT2D eigenvalue weighted by molar-refractivity contribution is -0.137. The van der Waals surface area contributed by atoms with Crippen molar-refractivity contribution in [1.29, 1.82) is 0 Å². The van der Waals surface area contributed by atoms with Crippen molar-refractivity contribution in [3.8, 4) is 0 Å². The third kappa shape index (κ3) is 7.93. The quantitative estimate of drug-likeness (QED) is 0.408. The van der Waals surface area contributed by atoms with Gasteiger partial charge in [0.2, 0.25) is 5.91 Å². The molecule has 0 fully saturated rings. The Morgan fingerprint density at radius 3 is 2.16 bits per heavy atom. The summed E-state index contributed by atoms with van der Waals surface area (Å²) in [4.78, 5) is 18.9. The van der Waals surface area contributed by atoms with Crippen molar-refractivity contribution in [3.05, 3.63) is 35.4 Å². The first-order valence-corrected chi connectivity index (χ1v) is 7.43. The summed E-state index contributed by atoms with van der Waals surface area (Å²) < 4.78 is 37.7. The Bertz CT molecular complexity index is 574. The fraction of sp³-hybridized carbons (Fsp3) is 0.500. The number of amides is 1. The van der Waals surface area contributed by atoms with Gasteiger partial charge >= 0.3 is 6.18 Å². The standard InChI is InChI=1S/C16H23F3N4O.HI/c1-20-15(21-10-9-14(24)22(2)3)23(4)11-12-5-7-13(8-6-12)16(17,18)19;/h5-8H,9-11H2,1-4H3,(H,20,21);1H. The molecule has 1 N–H and O–H groups in total. The predicted molar refractivity (Wildman–Crippen MR) is 103 cm³/mol. The predicted octanol–water partition coefficient (Wildman–Crippen LogP) is 2.81. The lowest BCUT2D eigenvalue weighted by Gasteiger charge is -2.22. The van der Waals surface area contributed by atoms with Crippen molar-refractivity contribution < 1.29 is 18.0 Å². The third-order valence-electron chi connectivity index (χ3n) is 3.40. The maximum absolute atomic E-state index is 12.6. The minimum absolute atomic E-state index is 0. The molecule has 5 nitrogen and oxygen atoms in total. The highest BCUT2D eigenvalue weighted by Gasteiger charge is 2.29. The molecule has 0 spiro atoms. The number of benzene rings is 1. The molecule has 0 unspecified atom stereocenters. The smallest absolute Gasteiger partial charge is 0.356 e. The van der Waals surface area contributed by atoms with Crippen LogP contribution in [0.25, 0.3) is 0 Å². The van der Waals surface area contributed by atoms with Crippen molar-refractivity contribution in [2.24, 2.45) is 4.99 Å². The molecular weight excluding hydrogens is 448 g/mol. The SMILES string of the molecule is CN=C(NCCC(=O)N(C)C)N(C)Cc1ccc(C(F)(F)F)cc1.I. The van der Waals surface area contributed by atoms with Crippen LogP contribution in [0.5, 0.6) is 0 Å². The van der Waals surface area contributed by atoms with E-state index in [1.54, 1.807) is 33.1 Å². The number of carbonyl (C=O) groups excluding carboxylic acids is 1. The van der Waals surface area contributed by atoms with Crippen LogP contribution in [0.1, 0.15) is 17.5 Å². The van der Waals surface area contributed by atoms with Crippen LogP contribution in [-0.4, -0.2) is 56.4 Å². The van der Waals surface area contributed by atoms with E-state index in [1.807, 2.05) is 0 Å². The van der Waals surface area contributed by atoms with E-state index in [2.05, 4.69) is 10.3 Å². The molecule has 0 atom stereocenters. The van der Waals surface area contributed by atoms with Gasteiger partial charge in [-0.3, -0.25) is 9.79 Å². The minimum Gasteiger partial charge on any atom is -0.356 e. The van der Waals surface area contributed by atoms with E-state index in [9.17, 15) is 18.0 Å². The Labute approximate surface area is 163 Å². The number of aliphatic imine (C=N–C) groups is 1. The highest BCUT2D eigenvalue weighted by atomic mass is 127. The largest absolute Gasteiger partial charge is 0.416 e. The summed E-state index contributed by atoms with van der Waals surface area (Å²) in [6, 6.07) is 5.02. The van der Waals surface area contributed by atoms with E-state index in [-0.39, 0.29) is 29.9 Å². The van der Waals surface area contributed by atoms with Crippen LogP contribution >= 0.6 is 24.0 Å². The van der Waals surface area contributed by atoms with Crippen molar-refractivity contribution in [1.82, 2.24) is 15.1 Å². The monoisotopic (exact) mass is 472 g/mol. The maximum Gasteiger partial charge on any atom is 0.416 e. The maximum atomic E-state index is 12.6. The molecule has 142 valence electrons. The number of guanidine groups is 1. The van der Waals surface area contributed by atoms with E-state index in [0.29, 0.717) is 25.5 Å². The molecule has 1 amide bonds. The van der Waals surface area contributed by atoms with Gasteiger partial charge in [-0.15, -0.1) is 24.0 Å². The van der Waals surface area contributed by atoms with Crippen LogP contribution in [0.15, 0.2) is 29.3 Å². The Balaban J connectivity index is 0.00000576. The molecular formula is C16H24F3IN4O. The fourth-order valence-corrected chi connectivity index (χ4v) is 2.04. The molecule has 0 aliphatic heterocycles. The van der Waals surface area contributed by atoms with Gasteiger partial charge in [0.25, 0.3) is 0 Å². The van der Waals surface area contributed by atoms with E-state index in [4.69, 9.17) is 0 Å². The Morgan fingerprint density at radius 2 is 1.72 bits per heavy atom. The number of nitrogens with zero attached hydrogens (tertiary/aromatic N) is 3. The van der Waals surface area contributed by atoms with E-state index < -0.39 is 11.7 Å². The molecule has 0 heterocycles. The Morgan fingerprint density at radius 1 is 1.16 bits per heavy atom. The van der Waals surface area contributed by atoms with Crippen LogP contribution in [0, 0.1) is 0 Å². The van der Waals surface area contributed by atoms with Gasteiger partial charge in [-0.25, -0.2) is 0 Å². The van der Waals surface area contributed by atoms with Crippen LogP contribution in [0.4, 0.5) is 13.2 Å². The average Bonchev–Trinajstić information content (AvgIpc) is 2.50. The van der Waals surface area contributed by atoms with E-state index in [1.165, 1.54) is 17.0 Å². The van der Waals surface area contributed by atoms with Gasteiger partial charge in [0.15, 0.2) is 5.96 Å². The van der Waals surface area contributed by atoms with Gasteiger partial charge in [-0.2, -0.15) is 13.2 Å². The number of alkyl halides is 3. The molecule has 1 aromatic rings. The Hall–Kier alpha value is -1.52. The van der Waals surface area contributed by atoms with Crippen LogP contribution in [0.3, 0.4) is 0 Å². The molecule has 0 aliphatic rings. The lowest BCUT2D eigenvalue weighted by atomic mass is 10.1. The zero-order chi connectivity index (χ0) is 18.3. The molecule has 0 bridgehead atoms. The van der Waals surface area contributed by atoms with Crippen molar-refractivity contribution in [2.75, 3.05) is 34.7 Å². The highest BCUT2D eigenvalue weighted by Crippen LogP contribution is 2.29. The number of hydrogen-bond acceptors (Lipinski definition) is 2. The molecule has 1 rings (SSSR count). The van der Waals surface area contributed by atoms with Gasteiger partial charge in [-0.1, -0.05) is 12.1 Å². The third-order valence-corrected chi connectivity index (χ3v) is 3.40. The summed E-state index contributed by atoms with van der Waals surface area (Å²) in [7, 11) is 6.77. The summed E-state index contributed by atoms with van der Waals surface area (Å²) in [6.07, 6.45) is -4.00. The number of carbonyl (C=O) groups is 1. The Kier molecular flexibility index (Phi) is 9.83. The molecule has 0 aliphatic carbocycles. The minimum atomic E-state index is -4.33. The van der Waals surface area contributed by atoms with Gasteiger partial charge in [0.05, 0.1) is 5.56 Å². The molecule has 0 aromatic heterocycles. The molecule has 0 radical (unpaired) electrons. The van der Waals surface area contributed by atoms with Crippen molar-refractivity contribution >= 4 is 35.8 Å². The normalized spacial score (nSPS) is 11.6. The average molecular weight is 472 g/mol. The topological polar surface area (TPSA) is 47.9 Å². The van der Waals surface area contributed by atoms with Gasteiger partial charge in [0.1, 0.15) is 0 Å².